The minimum Gasteiger partial charge on any atom is -0.454 e. The summed E-state index contributed by atoms with van der Waals surface area (Å²) in [5.74, 6) is 1.24. The number of hydrazone groups is 1. The molecule has 0 spiro atoms. The van der Waals surface area contributed by atoms with Crippen molar-refractivity contribution in [2.24, 2.45) is 11.0 Å². The normalized spacial score (nSPS) is 22.7. The molecule has 3 aliphatic heterocycles. The first-order chi connectivity index (χ1) is 14.2. The average Bonchev–Trinajstić information content (AvgIpc) is 3.35. The van der Waals surface area contributed by atoms with Crippen LogP contribution in [-0.4, -0.2) is 36.4 Å². The molecule has 3 aliphatic rings. The van der Waals surface area contributed by atoms with Crippen molar-refractivity contribution in [2.45, 2.75) is 32.2 Å². The number of fused-ring (bicyclic) bond motifs is 1. The van der Waals surface area contributed by atoms with E-state index in [1.54, 1.807) is 5.01 Å². The van der Waals surface area contributed by atoms with E-state index in [1.807, 2.05) is 49.4 Å². The van der Waals surface area contributed by atoms with E-state index in [4.69, 9.17) is 9.47 Å². The number of rotatable bonds is 4. The van der Waals surface area contributed by atoms with Crippen LogP contribution in [-0.2, 0) is 4.79 Å². The minimum absolute atomic E-state index is 0.0296. The van der Waals surface area contributed by atoms with Crippen molar-refractivity contribution in [3.63, 3.8) is 0 Å². The quantitative estimate of drug-likeness (QED) is 0.791. The molecule has 1 fully saturated rings. The molecule has 2 aromatic carbocycles. The standard InChI is InChI=1S/C23H25N3O3/c1-16-21(23(27)26(24-16)18-8-4-2-5-9-18)22(25-12-6-3-7-13-25)17-10-11-19-20(14-17)29-15-28-19/h2,4-5,8-11,14,21-22H,3,6-7,12-13,15H2,1H3/t21-,22-/m0/s1. The average molecular weight is 391 g/mol. The van der Waals surface area contributed by atoms with Gasteiger partial charge in [-0.05, 0) is 62.7 Å². The van der Waals surface area contributed by atoms with Crippen LogP contribution in [0.25, 0.3) is 0 Å². The van der Waals surface area contributed by atoms with Crippen LogP contribution in [0.3, 0.4) is 0 Å². The molecule has 1 amide bonds. The Balaban J connectivity index is 1.53. The Labute approximate surface area is 170 Å². The van der Waals surface area contributed by atoms with Gasteiger partial charge in [-0.15, -0.1) is 0 Å². The van der Waals surface area contributed by atoms with Crippen LogP contribution in [0.15, 0.2) is 53.6 Å². The highest BCUT2D eigenvalue weighted by molar-refractivity contribution is 6.15. The third-order valence-electron chi connectivity index (χ3n) is 6.02. The van der Waals surface area contributed by atoms with Crippen LogP contribution in [0.1, 0.15) is 37.8 Å². The van der Waals surface area contributed by atoms with E-state index in [0.29, 0.717) is 0 Å². The first kappa shape index (κ1) is 18.2. The summed E-state index contributed by atoms with van der Waals surface area (Å²) in [6, 6.07) is 15.7. The summed E-state index contributed by atoms with van der Waals surface area (Å²) in [7, 11) is 0. The summed E-state index contributed by atoms with van der Waals surface area (Å²) in [6.45, 7) is 4.19. The number of ether oxygens (including phenoxy) is 2. The zero-order chi connectivity index (χ0) is 19.8. The molecule has 0 aliphatic carbocycles. The lowest BCUT2D eigenvalue weighted by Gasteiger charge is -2.37. The van der Waals surface area contributed by atoms with Crippen molar-refractivity contribution < 1.29 is 14.3 Å². The molecule has 29 heavy (non-hydrogen) atoms. The number of likely N-dealkylation sites (tertiary alicyclic amines) is 1. The lowest BCUT2D eigenvalue weighted by Crippen LogP contribution is -2.43. The summed E-state index contributed by atoms with van der Waals surface area (Å²) < 4.78 is 11.1. The second kappa shape index (κ2) is 7.52. The van der Waals surface area contributed by atoms with E-state index in [9.17, 15) is 4.79 Å². The summed E-state index contributed by atoms with van der Waals surface area (Å²) >= 11 is 0. The molecule has 2 atom stereocenters. The maximum absolute atomic E-state index is 13.5. The van der Waals surface area contributed by atoms with Gasteiger partial charge in [0.1, 0.15) is 0 Å². The van der Waals surface area contributed by atoms with Crippen LogP contribution < -0.4 is 14.5 Å². The van der Waals surface area contributed by atoms with Gasteiger partial charge in [0, 0.05) is 0 Å². The molecule has 5 rings (SSSR count). The molecule has 1 saturated heterocycles. The lowest BCUT2D eigenvalue weighted by molar-refractivity contribution is -0.121. The molecule has 3 heterocycles. The van der Waals surface area contributed by atoms with Gasteiger partial charge in [-0.3, -0.25) is 9.69 Å². The summed E-state index contributed by atoms with van der Waals surface area (Å²) in [5, 5.41) is 6.21. The molecule has 2 aromatic rings. The van der Waals surface area contributed by atoms with Crippen LogP contribution in [0, 0.1) is 5.92 Å². The fraction of sp³-hybridized carbons (Fsp3) is 0.391. The number of hydrogen-bond acceptors (Lipinski definition) is 5. The molecule has 6 heteroatoms. The third kappa shape index (κ3) is 3.27. The molecule has 150 valence electrons. The van der Waals surface area contributed by atoms with Crippen molar-refractivity contribution in [1.29, 1.82) is 0 Å². The van der Waals surface area contributed by atoms with Crippen LogP contribution in [0.5, 0.6) is 11.5 Å². The van der Waals surface area contributed by atoms with Gasteiger partial charge in [0.2, 0.25) is 6.79 Å². The van der Waals surface area contributed by atoms with Crippen molar-refractivity contribution >= 4 is 17.3 Å². The first-order valence-electron chi connectivity index (χ1n) is 10.3. The van der Waals surface area contributed by atoms with Gasteiger partial charge in [0.05, 0.1) is 23.4 Å². The predicted octanol–water partition coefficient (Wildman–Crippen LogP) is 3.98. The van der Waals surface area contributed by atoms with E-state index < -0.39 is 0 Å². The summed E-state index contributed by atoms with van der Waals surface area (Å²) in [5.41, 5.74) is 2.74. The minimum atomic E-state index is -0.311. The van der Waals surface area contributed by atoms with Gasteiger partial charge in [0.15, 0.2) is 11.5 Å². The van der Waals surface area contributed by atoms with E-state index in [2.05, 4.69) is 16.1 Å². The van der Waals surface area contributed by atoms with Crippen molar-refractivity contribution in [1.82, 2.24) is 4.90 Å². The molecular weight excluding hydrogens is 366 g/mol. The Morgan fingerprint density at radius 2 is 1.76 bits per heavy atom. The Hall–Kier alpha value is -2.86. The van der Waals surface area contributed by atoms with E-state index in [-0.39, 0.29) is 24.7 Å². The Kier molecular flexibility index (Phi) is 4.72. The number of nitrogens with zero attached hydrogens (tertiary/aromatic N) is 3. The van der Waals surface area contributed by atoms with Crippen LogP contribution >= 0.6 is 0 Å². The largest absolute Gasteiger partial charge is 0.454 e. The van der Waals surface area contributed by atoms with E-state index in [1.165, 1.54) is 6.42 Å². The fourth-order valence-electron chi connectivity index (χ4n) is 4.61. The number of benzene rings is 2. The van der Waals surface area contributed by atoms with Crippen molar-refractivity contribution in [3.05, 3.63) is 54.1 Å². The zero-order valence-corrected chi connectivity index (χ0v) is 16.6. The fourth-order valence-corrected chi connectivity index (χ4v) is 4.61. The number of carbonyl (C=O) groups is 1. The smallest absolute Gasteiger partial charge is 0.258 e. The summed E-state index contributed by atoms with van der Waals surface area (Å²) in [6.07, 6.45) is 3.55. The molecule has 0 saturated carbocycles. The number of carbonyl (C=O) groups excluding carboxylic acids is 1. The second-order valence-corrected chi connectivity index (χ2v) is 7.86. The van der Waals surface area contributed by atoms with Gasteiger partial charge in [0.25, 0.3) is 5.91 Å². The van der Waals surface area contributed by atoms with E-state index in [0.717, 1.165) is 54.4 Å². The highest BCUT2D eigenvalue weighted by Gasteiger charge is 2.43. The zero-order valence-electron chi connectivity index (χ0n) is 16.6. The number of piperidine rings is 1. The first-order valence-corrected chi connectivity index (χ1v) is 10.3. The highest BCUT2D eigenvalue weighted by atomic mass is 16.7. The predicted molar refractivity (Wildman–Crippen MR) is 111 cm³/mol. The SMILES string of the molecule is CC1=NN(c2ccccc2)C(=O)[C@@H]1[C@H](c1ccc2c(c1)OCO2)N1CCCCC1. The molecule has 0 unspecified atom stereocenters. The number of para-hydroxylation sites is 1. The highest BCUT2D eigenvalue weighted by Crippen LogP contribution is 2.41. The monoisotopic (exact) mass is 391 g/mol. The molecular formula is C23H25N3O3. The van der Waals surface area contributed by atoms with Gasteiger partial charge >= 0.3 is 0 Å². The maximum Gasteiger partial charge on any atom is 0.258 e. The van der Waals surface area contributed by atoms with Crippen LogP contribution in [0.4, 0.5) is 5.69 Å². The summed E-state index contributed by atoms with van der Waals surface area (Å²) in [4.78, 5) is 16.0. The maximum atomic E-state index is 13.5. The number of hydrogen-bond donors (Lipinski definition) is 0. The Bertz CT molecular complexity index is 938. The van der Waals surface area contributed by atoms with Crippen molar-refractivity contribution in [3.8, 4) is 11.5 Å². The van der Waals surface area contributed by atoms with E-state index >= 15 is 0 Å². The molecule has 6 nitrogen and oxygen atoms in total. The van der Waals surface area contributed by atoms with Gasteiger partial charge in [-0.1, -0.05) is 30.7 Å². The topological polar surface area (TPSA) is 54.4 Å². The van der Waals surface area contributed by atoms with Gasteiger partial charge in [-0.2, -0.15) is 5.10 Å². The Morgan fingerprint density at radius 1 is 1.00 bits per heavy atom. The second-order valence-electron chi connectivity index (χ2n) is 7.86. The van der Waals surface area contributed by atoms with Gasteiger partial charge < -0.3 is 9.47 Å². The van der Waals surface area contributed by atoms with Crippen molar-refractivity contribution in [2.75, 3.05) is 24.9 Å². The number of amides is 1. The third-order valence-corrected chi connectivity index (χ3v) is 6.02. The molecule has 0 bridgehead atoms. The molecule has 0 radical (unpaired) electrons. The van der Waals surface area contributed by atoms with Gasteiger partial charge in [-0.25, -0.2) is 5.01 Å². The molecule has 0 aromatic heterocycles. The molecule has 0 N–H and O–H groups in total. The number of anilines is 1. The lowest BCUT2D eigenvalue weighted by atomic mass is 9.86. The van der Waals surface area contributed by atoms with Crippen LogP contribution in [0.2, 0.25) is 0 Å². The Morgan fingerprint density at radius 3 is 2.55 bits per heavy atom.